The van der Waals surface area contributed by atoms with Crippen molar-refractivity contribution in [3.63, 3.8) is 0 Å². The molecule has 0 aliphatic heterocycles. The number of Topliss-reactive ketones (excluding diaryl/α,β-unsaturated/α-hetero) is 1. The van der Waals surface area contributed by atoms with E-state index in [1.54, 1.807) is 6.92 Å². The van der Waals surface area contributed by atoms with Gasteiger partial charge in [0.25, 0.3) is 0 Å². The highest BCUT2D eigenvalue weighted by molar-refractivity contribution is 14.1. The molecule has 13 heavy (non-hydrogen) atoms. The lowest BCUT2D eigenvalue weighted by atomic mass is 10.0. The smallest absolute Gasteiger partial charge is 0.161 e. The van der Waals surface area contributed by atoms with Gasteiger partial charge in [-0.1, -0.05) is 6.42 Å². The molecule has 3 nitrogen and oxygen atoms in total. The van der Waals surface area contributed by atoms with Crippen molar-refractivity contribution in [1.82, 2.24) is 3.53 Å². The van der Waals surface area contributed by atoms with Crippen LogP contribution in [0.4, 0.5) is 0 Å². The fourth-order valence-corrected chi connectivity index (χ4v) is 1.58. The van der Waals surface area contributed by atoms with E-state index in [-0.39, 0.29) is 17.1 Å². The number of hydrogen-bond donors (Lipinski definition) is 3. The van der Waals surface area contributed by atoms with Crippen LogP contribution in [0.15, 0.2) is 0 Å². The average molecular weight is 316 g/mol. The minimum atomic E-state index is -0.332. The molecule has 78 valence electrons. The van der Waals surface area contributed by atoms with Gasteiger partial charge in [-0.3, -0.25) is 8.32 Å². The standard InChI is InChI=1S/C8H17IN2OS/c1-6(13)8(12)7(10)4-2-3-5-11-9/h6-7,11,13H,2-5,10H2,1H3. The predicted molar refractivity (Wildman–Crippen MR) is 67.3 cm³/mol. The van der Waals surface area contributed by atoms with Crippen molar-refractivity contribution in [1.29, 1.82) is 0 Å². The second-order valence-electron chi connectivity index (χ2n) is 3.06. The maximum atomic E-state index is 11.3. The molecule has 0 amide bonds. The van der Waals surface area contributed by atoms with Gasteiger partial charge in [-0.2, -0.15) is 12.6 Å². The third kappa shape index (κ3) is 6.70. The summed E-state index contributed by atoms with van der Waals surface area (Å²) in [7, 11) is 0. The molecule has 0 aliphatic carbocycles. The molecular weight excluding hydrogens is 299 g/mol. The zero-order valence-corrected chi connectivity index (χ0v) is 10.8. The Morgan fingerprint density at radius 3 is 2.69 bits per heavy atom. The molecule has 0 radical (unpaired) electrons. The minimum absolute atomic E-state index is 0.0470. The van der Waals surface area contributed by atoms with Crippen LogP contribution in [0.1, 0.15) is 26.2 Å². The van der Waals surface area contributed by atoms with Crippen LogP contribution in [-0.2, 0) is 4.79 Å². The Bertz CT molecular complexity index is 155. The Labute approximate surface area is 99.1 Å². The Kier molecular flexibility index (Phi) is 8.43. The third-order valence-corrected chi connectivity index (χ3v) is 2.61. The van der Waals surface area contributed by atoms with E-state index >= 15 is 0 Å². The number of rotatable bonds is 7. The predicted octanol–water partition coefficient (Wildman–Crippen LogP) is 1.31. The van der Waals surface area contributed by atoms with E-state index in [4.69, 9.17) is 5.73 Å². The molecule has 0 aromatic rings. The van der Waals surface area contributed by atoms with Gasteiger partial charge in [0.2, 0.25) is 0 Å². The second kappa shape index (κ2) is 8.02. The molecule has 0 aromatic heterocycles. The summed E-state index contributed by atoms with van der Waals surface area (Å²) in [6.07, 6.45) is 2.82. The lowest BCUT2D eigenvalue weighted by Crippen LogP contribution is -2.35. The van der Waals surface area contributed by atoms with Gasteiger partial charge in [0.1, 0.15) is 0 Å². The maximum Gasteiger partial charge on any atom is 0.161 e. The van der Waals surface area contributed by atoms with Crippen molar-refractivity contribution < 1.29 is 4.79 Å². The van der Waals surface area contributed by atoms with Gasteiger partial charge in [-0.15, -0.1) is 0 Å². The number of unbranched alkanes of at least 4 members (excludes halogenated alkanes) is 1. The first-order chi connectivity index (χ1) is 6.09. The van der Waals surface area contributed by atoms with Gasteiger partial charge in [0.05, 0.1) is 11.3 Å². The number of ketones is 1. The first-order valence-corrected chi connectivity index (χ1v) is 6.00. The van der Waals surface area contributed by atoms with E-state index < -0.39 is 0 Å². The molecule has 0 saturated carbocycles. The number of nitrogens with two attached hydrogens (primary N) is 1. The second-order valence-corrected chi connectivity index (χ2v) is 4.60. The molecule has 3 N–H and O–H groups in total. The van der Waals surface area contributed by atoms with Crippen LogP contribution in [0, 0.1) is 0 Å². The Morgan fingerprint density at radius 2 is 2.23 bits per heavy atom. The first kappa shape index (κ1) is 13.7. The van der Waals surface area contributed by atoms with Crippen LogP contribution in [0.5, 0.6) is 0 Å². The average Bonchev–Trinajstić information content (AvgIpc) is 2.10. The van der Waals surface area contributed by atoms with Crippen LogP contribution in [0.2, 0.25) is 0 Å². The van der Waals surface area contributed by atoms with Crippen LogP contribution < -0.4 is 9.26 Å². The van der Waals surface area contributed by atoms with Gasteiger partial charge >= 0.3 is 0 Å². The number of carbonyl (C=O) groups excluding carboxylic acids is 1. The van der Waals surface area contributed by atoms with Crippen molar-refractivity contribution in [2.45, 2.75) is 37.5 Å². The normalized spacial score (nSPS) is 15.4. The first-order valence-electron chi connectivity index (χ1n) is 4.40. The lowest BCUT2D eigenvalue weighted by Gasteiger charge is -2.11. The fourth-order valence-electron chi connectivity index (χ4n) is 1.01. The fraction of sp³-hybridized carbons (Fsp3) is 0.875. The SMILES string of the molecule is CC(S)C(=O)C(N)CCCCNI. The van der Waals surface area contributed by atoms with Crippen LogP contribution in [0.25, 0.3) is 0 Å². The summed E-state index contributed by atoms with van der Waals surface area (Å²) in [6, 6.07) is -0.332. The zero-order chi connectivity index (χ0) is 10.3. The molecule has 2 atom stereocenters. The van der Waals surface area contributed by atoms with E-state index in [9.17, 15) is 4.79 Å². The van der Waals surface area contributed by atoms with Crippen molar-refractivity contribution in [3.05, 3.63) is 0 Å². The largest absolute Gasteiger partial charge is 0.321 e. The topological polar surface area (TPSA) is 55.1 Å². The van der Waals surface area contributed by atoms with Crippen molar-refractivity contribution in [2.75, 3.05) is 6.54 Å². The highest BCUT2D eigenvalue weighted by Gasteiger charge is 2.16. The number of hydrogen-bond acceptors (Lipinski definition) is 4. The Balaban J connectivity index is 3.50. The maximum absolute atomic E-state index is 11.3. The van der Waals surface area contributed by atoms with Gasteiger partial charge < -0.3 is 5.73 Å². The molecule has 2 unspecified atom stereocenters. The van der Waals surface area contributed by atoms with Crippen LogP contribution >= 0.6 is 35.5 Å². The van der Waals surface area contributed by atoms with Gasteiger partial charge in [0.15, 0.2) is 5.78 Å². The number of carbonyl (C=O) groups is 1. The third-order valence-electron chi connectivity index (χ3n) is 1.81. The summed E-state index contributed by atoms with van der Waals surface area (Å²) in [5.74, 6) is 0.0470. The number of nitrogens with one attached hydrogen (secondary N) is 1. The molecule has 0 saturated heterocycles. The highest BCUT2D eigenvalue weighted by atomic mass is 127. The molecule has 0 fully saturated rings. The van der Waals surface area contributed by atoms with E-state index in [1.165, 1.54) is 0 Å². The quantitative estimate of drug-likeness (QED) is 0.287. The molecule has 0 aliphatic rings. The van der Waals surface area contributed by atoms with Gasteiger partial charge in [-0.25, -0.2) is 0 Å². The molecular formula is C8H17IN2OS. The minimum Gasteiger partial charge on any atom is -0.321 e. The summed E-state index contributed by atoms with van der Waals surface area (Å²) < 4.78 is 3.02. The Morgan fingerprint density at radius 1 is 1.62 bits per heavy atom. The summed E-state index contributed by atoms with van der Waals surface area (Å²) in [4.78, 5) is 11.3. The van der Waals surface area contributed by atoms with Crippen molar-refractivity contribution in [2.24, 2.45) is 5.73 Å². The van der Waals surface area contributed by atoms with E-state index in [0.717, 1.165) is 25.8 Å². The molecule has 5 heteroatoms. The van der Waals surface area contributed by atoms with Gasteiger partial charge in [0, 0.05) is 29.4 Å². The zero-order valence-electron chi connectivity index (χ0n) is 7.79. The van der Waals surface area contributed by atoms with Gasteiger partial charge in [-0.05, 0) is 19.8 Å². The molecule has 0 aromatic carbocycles. The summed E-state index contributed by atoms with van der Waals surface area (Å²) >= 11 is 6.16. The number of thiol groups is 1. The lowest BCUT2D eigenvalue weighted by molar-refractivity contribution is -0.119. The summed E-state index contributed by atoms with van der Waals surface area (Å²) in [5, 5.41) is -0.238. The van der Waals surface area contributed by atoms with Crippen LogP contribution in [-0.4, -0.2) is 23.6 Å². The van der Waals surface area contributed by atoms with Crippen LogP contribution in [0.3, 0.4) is 0 Å². The Hall–Kier alpha value is 0.670. The molecule has 0 spiro atoms. The van der Waals surface area contributed by atoms with Crippen molar-refractivity contribution >= 4 is 41.3 Å². The van der Waals surface area contributed by atoms with E-state index in [2.05, 4.69) is 39.0 Å². The highest BCUT2D eigenvalue weighted by Crippen LogP contribution is 2.05. The molecule has 0 rings (SSSR count). The molecule has 0 heterocycles. The molecule has 0 bridgehead atoms. The summed E-state index contributed by atoms with van der Waals surface area (Å²) in [5.41, 5.74) is 5.68. The number of halogens is 1. The van der Waals surface area contributed by atoms with E-state index in [0.29, 0.717) is 0 Å². The monoisotopic (exact) mass is 316 g/mol. The summed E-state index contributed by atoms with van der Waals surface area (Å²) in [6.45, 7) is 2.73. The van der Waals surface area contributed by atoms with E-state index in [1.807, 2.05) is 0 Å². The van der Waals surface area contributed by atoms with Crippen molar-refractivity contribution in [3.8, 4) is 0 Å².